The van der Waals surface area contributed by atoms with E-state index in [1.807, 2.05) is 0 Å². The van der Waals surface area contributed by atoms with Crippen molar-refractivity contribution in [3.8, 4) is 0 Å². The highest BCUT2D eigenvalue weighted by atomic mass is 32.2. The molecule has 25 heavy (non-hydrogen) atoms. The van der Waals surface area contributed by atoms with Crippen LogP contribution in [0.4, 0.5) is 5.69 Å². The molecule has 0 atom stereocenters. The quantitative estimate of drug-likeness (QED) is 0.476. The maximum Gasteiger partial charge on any atom is 0.314 e. The molecule has 0 spiro atoms. The lowest BCUT2D eigenvalue weighted by molar-refractivity contribution is 0.101. The van der Waals surface area contributed by atoms with Crippen LogP contribution < -0.4 is 15.8 Å². The largest absolute Gasteiger partial charge is 0.316 e. The summed E-state index contributed by atoms with van der Waals surface area (Å²) in [6.07, 6.45) is 0. The predicted octanol–water partition coefficient (Wildman–Crippen LogP) is 1.22. The molecule has 1 aromatic heterocycles. The standard InChI is InChI=1S/C16H13N3O5S/c1-9(20)10-3-2-4-11(7-10)19-25(23,24)12-5-6-13-14(8-12)18-16(22)15(21)17-13/h2-8,19H,1H3,(H,17,21)(H,18,22). The molecule has 128 valence electrons. The van der Waals surface area contributed by atoms with Gasteiger partial charge in [-0.25, -0.2) is 8.42 Å². The van der Waals surface area contributed by atoms with Gasteiger partial charge in [-0.05, 0) is 37.3 Å². The number of aromatic nitrogens is 2. The minimum absolute atomic E-state index is 0.101. The molecule has 8 nitrogen and oxygen atoms in total. The van der Waals surface area contributed by atoms with Gasteiger partial charge in [0.15, 0.2) is 5.78 Å². The first-order valence-corrected chi connectivity index (χ1v) is 8.65. The molecule has 0 saturated heterocycles. The van der Waals surface area contributed by atoms with Crippen molar-refractivity contribution in [2.24, 2.45) is 0 Å². The fourth-order valence-electron chi connectivity index (χ4n) is 2.28. The van der Waals surface area contributed by atoms with Gasteiger partial charge in [0, 0.05) is 11.3 Å². The number of Topliss-reactive ketones (excluding diaryl/α,β-unsaturated/α-hetero) is 1. The Bertz CT molecular complexity index is 1210. The van der Waals surface area contributed by atoms with E-state index in [2.05, 4.69) is 14.7 Å². The molecule has 9 heteroatoms. The molecular weight excluding hydrogens is 346 g/mol. The second-order valence-corrected chi connectivity index (χ2v) is 7.04. The van der Waals surface area contributed by atoms with E-state index >= 15 is 0 Å². The number of hydrogen-bond acceptors (Lipinski definition) is 5. The first kappa shape index (κ1) is 16.7. The number of sulfonamides is 1. The average molecular weight is 359 g/mol. The number of fused-ring (bicyclic) bond motifs is 1. The number of H-pyrrole nitrogens is 2. The molecule has 0 radical (unpaired) electrons. The Labute approximate surface area is 141 Å². The third-order valence-electron chi connectivity index (χ3n) is 3.53. The van der Waals surface area contributed by atoms with Gasteiger partial charge in [-0.1, -0.05) is 12.1 Å². The van der Waals surface area contributed by atoms with Gasteiger partial charge >= 0.3 is 11.1 Å². The SMILES string of the molecule is CC(=O)c1cccc(NS(=O)(=O)c2ccc3[nH]c(=O)c(=O)[nH]c3c2)c1. The van der Waals surface area contributed by atoms with E-state index in [0.29, 0.717) is 11.1 Å². The van der Waals surface area contributed by atoms with Crippen LogP contribution in [-0.2, 0) is 10.0 Å². The predicted molar refractivity (Wildman–Crippen MR) is 92.4 cm³/mol. The molecule has 0 unspecified atom stereocenters. The number of anilines is 1. The van der Waals surface area contributed by atoms with Gasteiger partial charge < -0.3 is 9.97 Å². The Morgan fingerprint density at radius 2 is 1.64 bits per heavy atom. The lowest BCUT2D eigenvalue weighted by Gasteiger charge is -2.09. The smallest absolute Gasteiger partial charge is 0.314 e. The summed E-state index contributed by atoms with van der Waals surface area (Å²) in [5, 5.41) is 0. The molecule has 1 heterocycles. The van der Waals surface area contributed by atoms with E-state index in [4.69, 9.17) is 0 Å². The average Bonchev–Trinajstić information content (AvgIpc) is 2.55. The fraction of sp³-hybridized carbons (Fsp3) is 0.0625. The van der Waals surface area contributed by atoms with Crippen LogP contribution in [0.1, 0.15) is 17.3 Å². The zero-order valence-corrected chi connectivity index (χ0v) is 13.8. The van der Waals surface area contributed by atoms with Crippen LogP contribution in [0.3, 0.4) is 0 Å². The van der Waals surface area contributed by atoms with Crippen molar-refractivity contribution in [3.05, 3.63) is 68.7 Å². The van der Waals surface area contributed by atoms with Crippen LogP contribution in [0.5, 0.6) is 0 Å². The number of nitrogens with one attached hydrogen (secondary N) is 3. The monoisotopic (exact) mass is 359 g/mol. The molecule has 0 aliphatic rings. The minimum atomic E-state index is -3.95. The molecule has 3 N–H and O–H groups in total. The number of ketones is 1. The summed E-state index contributed by atoms with van der Waals surface area (Å²) in [5.74, 6) is -0.187. The van der Waals surface area contributed by atoms with E-state index < -0.39 is 21.1 Å². The Balaban J connectivity index is 2.02. The van der Waals surface area contributed by atoms with Crippen LogP contribution in [-0.4, -0.2) is 24.2 Å². The maximum atomic E-state index is 12.5. The van der Waals surface area contributed by atoms with Crippen LogP contribution in [0, 0.1) is 0 Å². The summed E-state index contributed by atoms with van der Waals surface area (Å²) in [4.78, 5) is 38.6. The molecule has 3 rings (SSSR count). The van der Waals surface area contributed by atoms with Crippen LogP contribution in [0.15, 0.2) is 56.9 Å². The first-order valence-electron chi connectivity index (χ1n) is 7.16. The number of carbonyl (C=O) groups is 1. The number of aromatic amines is 2. The van der Waals surface area contributed by atoms with Crippen molar-refractivity contribution in [2.45, 2.75) is 11.8 Å². The Morgan fingerprint density at radius 1 is 0.960 bits per heavy atom. The lowest BCUT2D eigenvalue weighted by atomic mass is 10.1. The van der Waals surface area contributed by atoms with Gasteiger partial charge in [0.05, 0.1) is 15.9 Å². The van der Waals surface area contributed by atoms with Crippen molar-refractivity contribution in [1.29, 1.82) is 0 Å². The molecule has 0 aliphatic heterocycles. The van der Waals surface area contributed by atoms with E-state index in [-0.39, 0.29) is 21.9 Å². The summed E-state index contributed by atoms with van der Waals surface area (Å²) in [5.41, 5.74) is -0.582. The summed E-state index contributed by atoms with van der Waals surface area (Å²) in [6.45, 7) is 1.38. The molecule has 0 fully saturated rings. The van der Waals surface area contributed by atoms with Gasteiger partial charge in [0.25, 0.3) is 10.0 Å². The molecule has 0 aliphatic carbocycles. The summed E-state index contributed by atoms with van der Waals surface area (Å²) in [6, 6.07) is 10.0. The Kier molecular flexibility index (Phi) is 4.01. The van der Waals surface area contributed by atoms with Gasteiger partial charge in [0.1, 0.15) is 0 Å². The molecule has 0 bridgehead atoms. The second-order valence-electron chi connectivity index (χ2n) is 5.36. The van der Waals surface area contributed by atoms with Gasteiger partial charge in [-0.15, -0.1) is 0 Å². The lowest BCUT2D eigenvalue weighted by Crippen LogP contribution is -2.29. The third kappa shape index (κ3) is 3.36. The zero-order valence-electron chi connectivity index (χ0n) is 13.0. The first-order chi connectivity index (χ1) is 11.8. The number of carbonyl (C=O) groups excluding carboxylic acids is 1. The normalized spacial score (nSPS) is 11.4. The van der Waals surface area contributed by atoms with E-state index in [9.17, 15) is 22.8 Å². The number of rotatable bonds is 4. The van der Waals surface area contributed by atoms with Crippen molar-refractivity contribution in [2.75, 3.05) is 4.72 Å². The van der Waals surface area contributed by atoms with E-state index in [0.717, 1.165) is 0 Å². The van der Waals surface area contributed by atoms with Crippen LogP contribution in [0.25, 0.3) is 11.0 Å². The van der Waals surface area contributed by atoms with Crippen molar-refractivity contribution < 1.29 is 13.2 Å². The van der Waals surface area contributed by atoms with Crippen molar-refractivity contribution >= 4 is 32.5 Å². The minimum Gasteiger partial charge on any atom is -0.316 e. The van der Waals surface area contributed by atoms with Crippen LogP contribution >= 0.6 is 0 Å². The summed E-state index contributed by atoms with van der Waals surface area (Å²) >= 11 is 0. The molecule has 0 amide bonds. The number of benzene rings is 2. The number of hydrogen-bond donors (Lipinski definition) is 3. The Morgan fingerprint density at radius 3 is 2.32 bits per heavy atom. The van der Waals surface area contributed by atoms with Gasteiger partial charge in [-0.2, -0.15) is 0 Å². The maximum absolute atomic E-state index is 12.5. The molecule has 3 aromatic rings. The highest BCUT2D eigenvalue weighted by Gasteiger charge is 2.16. The van der Waals surface area contributed by atoms with E-state index in [1.54, 1.807) is 12.1 Å². The molecule has 2 aromatic carbocycles. The van der Waals surface area contributed by atoms with Gasteiger partial charge in [0.2, 0.25) is 0 Å². The van der Waals surface area contributed by atoms with E-state index in [1.165, 1.54) is 37.3 Å². The molecular formula is C16H13N3O5S. The second kappa shape index (κ2) is 6.02. The molecule has 0 saturated carbocycles. The van der Waals surface area contributed by atoms with Crippen molar-refractivity contribution in [3.63, 3.8) is 0 Å². The zero-order chi connectivity index (χ0) is 18.2. The topological polar surface area (TPSA) is 129 Å². The Hall–Kier alpha value is -3.20. The fourth-order valence-corrected chi connectivity index (χ4v) is 3.35. The van der Waals surface area contributed by atoms with Gasteiger partial charge in [-0.3, -0.25) is 19.1 Å². The van der Waals surface area contributed by atoms with Crippen molar-refractivity contribution in [1.82, 2.24) is 9.97 Å². The van der Waals surface area contributed by atoms with Crippen LogP contribution in [0.2, 0.25) is 0 Å². The summed E-state index contributed by atoms with van der Waals surface area (Å²) < 4.78 is 27.4. The third-order valence-corrected chi connectivity index (χ3v) is 4.90. The highest BCUT2D eigenvalue weighted by molar-refractivity contribution is 7.92. The highest BCUT2D eigenvalue weighted by Crippen LogP contribution is 2.19. The summed E-state index contributed by atoms with van der Waals surface area (Å²) in [7, 11) is -3.95.